The number of benzene rings is 2. The number of hydrogen-bond acceptors (Lipinski definition) is 7. The van der Waals surface area contributed by atoms with E-state index in [4.69, 9.17) is 19.4 Å². The normalized spacial score (nSPS) is 10.1. The van der Waals surface area contributed by atoms with Crippen LogP contribution in [0.2, 0.25) is 0 Å². The monoisotopic (exact) mass is 491 g/mol. The van der Waals surface area contributed by atoms with Crippen molar-refractivity contribution in [2.45, 2.75) is 13.3 Å². The molecule has 0 amide bonds. The molecule has 0 aliphatic carbocycles. The van der Waals surface area contributed by atoms with Crippen LogP contribution in [0.4, 0.5) is 0 Å². The first-order valence-electron chi connectivity index (χ1n) is 9.01. The minimum atomic E-state index is -0.833. The Labute approximate surface area is 196 Å². The number of rotatable bonds is 8. The summed E-state index contributed by atoms with van der Waals surface area (Å²) in [7, 11) is 2.87. The Kier molecular flexibility index (Phi) is 12.9. The van der Waals surface area contributed by atoms with Gasteiger partial charge in [-0.05, 0) is 47.5 Å². The van der Waals surface area contributed by atoms with Crippen molar-refractivity contribution in [3.05, 3.63) is 59.7 Å². The van der Waals surface area contributed by atoms with E-state index in [1.165, 1.54) is 38.5 Å². The van der Waals surface area contributed by atoms with Gasteiger partial charge in [-0.25, -0.2) is 0 Å². The van der Waals surface area contributed by atoms with Crippen LogP contribution in [0.15, 0.2) is 48.6 Å². The molecule has 0 unspecified atom stereocenters. The van der Waals surface area contributed by atoms with Crippen LogP contribution in [0.3, 0.4) is 0 Å². The molecule has 0 aliphatic rings. The van der Waals surface area contributed by atoms with Crippen molar-refractivity contribution in [1.82, 2.24) is 0 Å². The van der Waals surface area contributed by atoms with Gasteiger partial charge in [0.1, 0.15) is 0 Å². The Bertz CT molecular complexity index is 918. The maximum absolute atomic E-state index is 11.9. The van der Waals surface area contributed by atoms with Gasteiger partial charge in [-0.3, -0.25) is 14.4 Å². The molecule has 0 bridgehead atoms. The molecule has 2 aromatic carbocycles. The average molecular weight is 492 g/mol. The maximum atomic E-state index is 11.9. The average Bonchev–Trinajstić information content (AvgIpc) is 2.72. The van der Waals surface area contributed by atoms with Crippen molar-refractivity contribution in [3.63, 3.8) is 0 Å². The van der Waals surface area contributed by atoms with Crippen LogP contribution >= 0.6 is 0 Å². The zero-order chi connectivity index (χ0) is 23.4. The van der Waals surface area contributed by atoms with E-state index >= 15 is 0 Å². The predicted octanol–water partition coefficient (Wildman–Crippen LogP) is 3.46. The SMILES string of the molecule is CC(=O)O.COc1cc(/C=C/C(=O)CC(=O)/C=C/c2ccc(O)c(OC)c2)ccc1O.[Cu+2]. The standard InChI is InChI=1S/C21H20O6.C2H4O2.Cu/c1-26-20-11-14(5-9-18(20)24)3-7-16(22)13-17(23)8-4-15-6-10-19(25)21(12-15)27-2;1-2(3)4;/h3-12,24-25H,13H2,1-2H3;1H3,(H,3,4);/q;;+2/b7-3+,8-4+;;. The number of methoxy groups -OCH3 is 2. The number of ether oxygens (including phenoxy) is 2. The Balaban J connectivity index is 0.00000177. The van der Waals surface area contributed by atoms with Gasteiger partial charge < -0.3 is 24.8 Å². The fourth-order valence-electron chi connectivity index (χ4n) is 2.26. The second kappa shape index (κ2) is 14.5. The molecule has 2 aromatic rings. The molecule has 0 saturated carbocycles. The third kappa shape index (κ3) is 10.5. The third-order valence-electron chi connectivity index (χ3n) is 3.68. The molecule has 0 aromatic heterocycles. The van der Waals surface area contributed by atoms with Crippen LogP contribution in [0.1, 0.15) is 24.5 Å². The number of phenols is 2. The first kappa shape index (κ1) is 28.4. The van der Waals surface area contributed by atoms with Crippen molar-refractivity contribution in [2.75, 3.05) is 14.2 Å². The zero-order valence-corrected chi connectivity index (χ0v) is 18.6. The number of ketones is 2. The molecular formula is C23H24CuO8+2. The number of carboxylic acids is 1. The van der Waals surface area contributed by atoms with Crippen molar-refractivity contribution in [3.8, 4) is 23.0 Å². The van der Waals surface area contributed by atoms with Gasteiger partial charge in [0.15, 0.2) is 34.6 Å². The molecule has 0 heterocycles. The van der Waals surface area contributed by atoms with Crippen molar-refractivity contribution >= 4 is 29.7 Å². The quantitative estimate of drug-likeness (QED) is 0.291. The summed E-state index contributed by atoms with van der Waals surface area (Å²) in [6, 6.07) is 9.34. The van der Waals surface area contributed by atoms with E-state index in [2.05, 4.69) is 0 Å². The van der Waals surface area contributed by atoms with E-state index in [-0.39, 0.29) is 46.6 Å². The summed E-state index contributed by atoms with van der Waals surface area (Å²) in [6.45, 7) is 1.08. The van der Waals surface area contributed by atoms with Gasteiger partial charge in [-0.2, -0.15) is 0 Å². The molecule has 1 radical (unpaired) electrons. The van der Waals surface area contributed by atoms with E-state index < -0.39 is 5.97 Å². The second-order valence-corrected chi connectivity index (χ2v) is 6.16. The minimum absolute atomic E-state index is 0. The van der Waals surface area contributed by atoms with E-state index in [9.17, 15) is 19.8 Å². The predicted molar refractivity (Wildman–Crippen MR) is 115 cm³/mol. The van der Waals surface area contributed by atoms with E-state index in [1.54, 1.807) is 36.4 Å². The molecule has 0 aliphatic heterocycles. The van der Waals surface area contributed by atoms with Gasteiger partial charge >= 0.3 is 17.1 Å². The maximum Gasteiger partial charge on any atom is 2.00 e. The molecule has 173 valence electrons. The van der Waals surface area contributed by atoms with E-state index in [1.807, 2.05) is 0 Å². The summed E-state index contributed by atoms with van der Waals surface area (Å²) in [5.74, 6) is -0.917. The summed E-state index contributed by atoms with van der Waals surface area (Å²) in [5.41, 5.74) is 1.33. The molecular weight excluding hydrogens is 468 g/mol. The molecule has 32 heavy (non-hydrogen) atoms. The number of allylic oxidation sites excluding steroid dienone is 2. The number of carboxylic acid groups (broad SMARTS) is 1. The van der Waals surface area contributed by atoms with Crippen LogP contribution in [0, 0.1) is 0 Å². The van der Waals surface area contributed by atoms with Crippen molar-refractivity contribution < 1.29 is 56.2 Å². The van der Waals surface area contributed by atoms with Crippen LogP contribution in [0.25, 0.3) is 12.2 Å². The Morgan fingerprint density at radius 2 is 1.16 bits per heavy atom. The van der Waals surface area contributed by atoms with Crippen LogP contribution in [-0.4, -0.2) is 47.1 Å². The fraction of sp³-hybridized carbons (Fsp3) is 0.174. The Hall–Kier alpha value is -3.55. The molecule has 0 fully saturated rings. The van der Waals surface area contributed by atoms with Gasteiger partial charge in [-0.1, -0.05) is 24.3 Å². The minimum Gasteiger partial charge on any atom is -0.504 e. The first-order valence-corrected chi connectivity index (χ1v) is 9.01. The van der Waals surface area contributed by atoms with Crippen molar-refractivity contribution in [1.29, 1.82) is 0 Å². The first-order chi connectivity index (χ1) is 14.7. The summed E-state index contributed by atoms with van der Waals surface area (Å²) < 4.78 is 10.00. The Morgan fingerprint density at radius 3 is 1.47 bits per heavy atom. The van der Waals surface area contributed by atoms with E-state index in [0.717, 1.165) is 6.92 Å². The smallest absolute Gasteiger partial charge is 0.504 e. The van der Waals surface area contributed by atoms with Gasteiger partial charge in [-0.15, -0.1) is 0 Å². The largest absolute Gasteiger partial charge is 2.00 e. The topological polar surface area (TPSA) is 130 Å². The summed E-state index contributed by atoms with van der Waals surface area (Å²) >= 11 is 0. The number of phenolic OH excluding ortho intramolecular Hbond substituents is 2. The van der Waals surface area contributed by atoms with Crippen LogP contribution in [0.5, 0.6) is 23.0 Å². The molecule has 9 heteroatoms. The number of carbonyl (C=O) groups is 3. The number of carbonyl (C=O) groups excluding carboxylic acids is 2. The zero-order valence-electron chi connectivity index (χ0n) is 17.7. The summed E-state index contributed by atoms with van der Waals surface area (Å²) in [4.78, 5) is 32.9. The molecule has 8 nitrogen and oxygen atoms in total. The van der Waals surface area contributed by atoms with E-state index in [0.29, 0.717) is 22.6 Å². The molecule has 0 atom stereocenters. The summed E-state index contributed by atoms with van der Waals surface area (Å²) in [6.07, 6.45) is 5.44. The van der Waals surface area contributed by atoms with Gasteiger partial charge in [0, 0.05) is 6.92 Å². The molecule has 3 N–H and O–H groups in total. The molecule has 0 saturated heterocycles. The van der Waals surface area contributed by atoms with Crippen LogP contribution in [-0.2, 0) is 31.5 Å². The number of aliphatic carboxylic acids is 1. The number of hydrogen-bond donors (Lipinski definition) is 3. The molecule has 2 rings (SSSR count). The van der Waals surface area contributed by atoms with Gasteiger partial charge in [0.25, 0.3) is 5.97 Å². The van der Waals surface area contributed by atoms with Gasteiger partial charge in [0.05, 0.1) is 20.6 Å². The second-order valence-electron chi connectivity index (χ2n) is 6.16. The summed E-state index contributed by atoms with van der Waals surface area (Å²) in [5, 5.41) is 26.5. The number of aromatic hydroxyl groups is 2. The third-order valence-corrected chi connectivity index (χ3v) is 3.68. The Morgan fingerprint density at radius 1 is 0.812 bits per heavy atom. The van der Waals surface area contributed by atoms with Gasteiger partial charge in [0.2, 0.25) is 0 Å². The fourth-order valence-corrected chi connectivity index (χ4v) is 2.26. The van der Waals surface area contributed by atoms with Crippen LogP contribution < -0.4 is 9.47 Å². The molecule has 0 spiro atoms. The van der Waals surface area contributed by atoms with Crippen molar-refractivity contribution in [2.24, 2.45) is 0 Å².